The quantitative estimate of drug-likeness (QED) is 0.139. The summed E-state index contributed by atoms with van der Waals surface area (Å²) in [4.78, 5) is 6.42. The zero-order valence-corrected chi connectivity index (χ0v) is 30.3. The fourth-order valence-corrected chi connectivity index (χ4v) is 6.83. The Bertz CT molecular complexity index is 1620. The molecule has 12 heteroatoms. The van der Waals surface area contributed by atoms with E-state index in [2.05, 4.69) is 110 Å². The summed E-state index contributed by atoms with van der Waals surface area (Å²) in [6, 6.07) is 23.3. The highest BCUT2D eigenvalue weighted by atomic mass is 127. The molecule has 3 heterocycles. The second kappa shape index (κ2) is 16.4. The highest BCUT2D eigenvalue weighted by Crippen LogP contribution is 2.40. The lowest BCUT2D eigenvalue weighted by Crippen LogP contribution is -2.46. The molecule has 1 aromatic heterocycles. The molecule has 0 radical (unpaired) electrons. The van der Waals surface area contributed by atoms with Gasteiger partial charge >= 0.3 is 0 Å². The van der Waals surface area contributed by atoms with Crippen LogP contribution in [0.1, 0.15) is 25.8 Å². The topological polar surface area (TPSA) is 88.9 Å². The minimum Gasteiger partial charge on any atom is -0.491 e. The predicted octanol–water partition coefficient (Wildman–Crippen LogP) is 6.52. The van der Waals surface area contributed by atoms with Crippen LogP contribution in [-0.4, -0.2) is 73.1 Å². The van der Waals surface area contributed by atoms with Crippen LogP contribution < -0.4 is 25.2 Å². The van der Waals surface area contributed by atoms with Crippen molar-refractivity contribution in [1.82, 2.24) is 20.3 Å². The Morgan fingerprint density at radius 3 is 2.31 bits per heavy atom. The van der Waals surface area contributed by atoms with E-state index in [1.165, 1.54) is 11.4 Å². The first kappa shape index (κ1) is 34.5. The number of nitrogens with zero attached hydrogens (tertiary/aromatic N) is 5. The smallest absolute Gasteiger partial charge is 0.219 e. The number of hydrogen-bond acceptors (Lipinski definition) is 9. The molecule has 3 unspecified atom stereocenters. The molecule has 0 bridgehead atoms. The second-order valence-electron chi connectivity index (χ2n) is 12.1. The van der Waals surface area contributed by atoms with E-state index in [1.807, 2.05) is 36.5 Å². The Labute approximate surface area is 301 Å². The molecule has 4 aromatic rings. The van der Waals surface area contributed by atoms with Gasteiger partial charge in [0.05, 0.1) is 24.0 Å². The van der Waals surface area contributed by atoms with Crippen molar-refractivity contribution in [3.8, 4) is 5.75 Å². The largest absolute Gasteiger partial charge is 0.491 e. The number of benzene rings is 3. The predicted molar refractivity (Wildman–Crippen MR) is 200 cm³/mol. The highest BCUT2D eigenvalue weighted by molar-refractivity contribution is 14.1. The maximum absolute atomic E-state index is 6.66. The summed E-state index contributed by atoms with van der Waals surface area (Å²) in [5.41, 5.74) is 4.28. The number of hydrogen-bond donors (Lipinski definition) is 2. The van der Waals surface area contributed by atoms with E-state index in [9.17, 15) is 0 Å². The minimum atomic E-state index is -1.11. The monoisotopic (exact) mass is 783 g/mol. The molecule has 0 amide bonds. The van der Waals surface area contributed by atoms with Gasteiger partial charge in [0.25, 0.3) is 0 Å². The van der Waals surface area contributed by atoms with Crippen LogP contribution in [0, 0.1) is 3.57 Å². The standard InChI is InChI=1S/C36H43ClIN7O3/c1-3-27(2)39-15-4-16-40-29-6-8-30(9-7-29)43-19-21-44(22-20-43)31-10-12-32(13-11-31)46-24-33-25-47-36(48-33,26-45-41-17-18-42-45)34-14-5-28(38)23-35(34)37/h4-14,16-18,23,27,33,39-40H,3,15,19-22,24-26H2,1-2H3/b16-4-. The minimum absolute atomic E-state index is 0.274. The molecule has 2 N–H and O–H groups in total. The van der Waals surface area contributed by atoms with E-state index < -0.39 is 5.79 Å². The average Bonchev–Trinajstić information content (AvgIpc) is 3.78. The van der Waals surface area contributed by atoms with Gasteiger partial charge in [-0.15, -0.1) is 0 Å². The van der Waals surface area contributed by atoms with Crippen molar-refractivity contribution < 1.29 is 14.2 Å². The van der Waals surface area contributed by atoms with Crippen LogP contribution in [0.3, 0.4) is 0 Å². The number of halogens is 2. The number of rotatable bonds is 14. The van der Waals surface area contributed by atoms with Crippen molar-refractivity contribution in [2.45, 2.75) is 44.7 Å². The number of piperazine rings is 1. The molecular formula is C36H43ClIN7O3. The van der Waals surface area contributed by atoms with Crippen molar-refractivity contribution in [3.05, 3.63) is 106 Å². The van der Waals surface area contributed by atoms with Crippen LogP contribution in [0.4, 0.5) is 17.1 Å². The van der Waals surface area contributed by atoms with Gasteiger partial charge in [-0.25, -0.2) is 0 Å². The lowest BCUT2D eigenvalue weighted by molar-refractivity contribution is -0.192. The van der Waals surface area contributed by atoms with E-state index in [1.54, 1.807) is 17.2 Å². The molecule has 0 saturated carbocycles. The van der Waals surface area contributed by atoms with Gasteiger partial charge in [0.2, 0.25) is 5.79 Å². The summed E-state index contributed by atoms with van der Waals surface area (Å²) in [7, 11) is 0. The summed E-state index contributed by atoms with van der Waals surface area (Å²) in [6.45, 7) is 10.1. The molecular weight excluding hydrogens is 741 g/mol. The van der Waals surface area contributed by atoms with Gasteiger partial charge in [0.1, 0.15) is 25.0 Å². The Hall–Kier alpha value is -3.36. The number of ether oxygens (including phenoxy) is 3. The molecule has 10 nitrogen and oxygen atoms in total. The van der Waals surface area contributed by atoms with Crippen LogP contribution in [-0.2, 0) is 21.8 Å². The molecule has 2 aliphatic heterocycles. The average molecular weight is 784 g/mol. The molecule has 2 aliphatic rings. The molecule has 2 saturated heterocycles. The third kappa shape index (κ3) is 8.80. The fourth-order valence-electron chi connectivity index (χ4n) is 5.83. The van der Waals surface area contributed by atoms with Crippen molar-refractivity contribution in [1.29, 1.82) is 0 Å². The lowest BCUT2D eigenvalue weighted by Gasteiger charge is -2.37. The summed E-state index contributed by atoms with van der Waals surface area (Å²) in [5, 5.41) is 15.9. The number of aromatic nitrogens is 3. The first-order valence-electron chi connectivity index (χ1n) is 16.5. The zero-order chi connectivity index (χ0) is 33.3. The summed E-state index contributed by atoms with van der Waals surface area (Å²) >= 11 is 8.90. The van der Waals surface area contributed by atoms with Gasteiger partial charge < -0.3 is 34.6 Å². The molecule has 48 heavy (non-hydrogen) atoms. The normalized spacial score (nSPS) is 20.4. The van der Waals surface area contributed by atoms with Crippen LogP contribution in [0.25, 0.3) is 0 Å². The Morgan fingerprint density at radius 1 is 1.00 bits per heavy atom. The SMILES string of the molecule is CCC(C)NC/C=C\Nc1ccc(N2CCN(c3ccc(OCC4COC(Cn5nccn5)(c5ccc(I)cc5Cl)O4)cc3)CC2)cc1. The zero-order valence-electron chi connectivity index (χ0n) is 27.4. The van der Waals surface area contributed by atoms with Crippen molar-refractivity contribution in [3.63, 3.8) is 0 Å². The van der Waals surface area contributed by atoms with Gasteiger partial charge in [-0.2, -0.15) is 15.0 Å². The third-order valence-electron chi connectivity index (χ3n) is 8.73. The Morgan fingerprint density at radius 2 is 1.67 bits per heavy atom. The van der Waals surface area contributed by atoms with Gasteiger partial charge in [-0.1, -0.05) is 30.7 Å². The van der Waals surface area contributed by atoms with Gasteiger partial charge in [-0.05, 0) is 103 Å². The van der Waals surface area contributed by atoms with Crippen LogP contribution in [0.15, 0.2) is 91.4 Å². The fraction of sp³-hybridized carbons (Fsp3) is 0.389. The molecule has 3 aromatic carbocycles. The third-order valence-corrected chi connectivity index (χ3v) is 9.72. The van der Waals surface area contributed by atoms with Crippen LogP contribution in [0.2, 0.25) is 5.02 Å². The van der Waals surface area contributed by atoms with Gasteiger partial charge in [-0.3, -0.25) is 0 Å². The molecule has 2 fully saturated rings. The first-order chi connectivity index (χ1) is 23.4. The molecule has 254 valence electrons. The van der Waals surface area contributed by atoms with Gasteiger partial charge in [0, 0.05) is 65.0 Å². The lowest BCUT2D eigenvalue weighted by atomic mass is 10.1. The molecule has 6 rings (SSSR count). The first-order valence-corrected chi connectivity index (χ1v) is 18.0. The highest BCUT2D eigenvalue weighted by Gasteiger charge is 2.46. The van der Waals surface area contributed by atoms with Crippen LogP contribution >= 0.6 is 34.2 Å². The summed E-state index contributed by atoms with van der Waals surface area (Å²) in [5.74, 6) is -0.323. The van der Waals surface area contributed by atoms with Crippen molar-refractivity contribution >= 4 is 51.3 Å². The maximum Gasteiger partial charge on any atom is 0.219 e. The summed E-state index contributed by atoms with van der Waals surface area (Å²) < 4.78 is 20.0. The number of nitrogens with one attached hydrogen (secondary N) is 2. The van der Waals surface area contributed by atoms with E-state index in [-0.39, 0.29) is 12.6 Å². The van der Waals surface area contributed by atoms with E-state index in [4.69, 9.17) is 25.8 Å². The van der Waals surface area contributed by atoms with Crippen molar-refractivity contribution in [2.24, 2.45) is 0 Å². The molecule has 3 atom stereocenters. The molecule has 0 spiro atoms. The van der Waals surface area contributed by atoms with Crippen molar-refractivity contribution in [2.75, 3.05) is 61.1 Å². The number of anilines is 3. The van der Waals surface area contributed by atoms with E-state index in [0.717, 1.165) is 59.7 Å². The van der Waals surface area contributed by atoms with E-state index in [0.29, 0.717) is 24.3 Å². The van der Waals surface area contributed by atoms with Gasteiger partial charge in [0.15, 0.2) is 0 Å². The van der Waals surface area contributed by atoms with Crippen LogP contribution in [0.5, 0.6) is 5.75 Å². The Balaban J connectivity index is 0.972. The summed E-state index contributed by atoms with van der Waals surface area (Å²) in [6.07, 6.45) is 8.23. The molecule has 0 aliphatic carbocycles. The maximum atomic E-state index is 6.66. The van der Waals surface area contributed by atoms with E-state index >= 15 is 0 Å². The second-order valence-corrected chi connectivity index (χ2v) is 13.7. The Kier molecular flexibility index (Phi) is 11.8.